The number of nitrogens with zero attached hydrogens (tertiary/aromatic N) is 2. The predicted octanol–water partition coefficient (Wildman–Crippen LogP) is 3.74. The summed E-state index contributed by atoms with van der Waals surface area (Å²) in [6.07, 6.45) is 2.02. The number of alkyl halides is 3. The van der Waals surface area contributed by atoms with Crippen LogP contribution in [0.1, 0.15) is 16.8 Å². The molecule has 0 radical (unpaired) electrons. The largest absolute Gasteiger partial charge is 0.416 e. The van der Waals surface area contributed by atoms with E-state index in [0.29, 0.717) is 5.56 Å². The number of imidazole rings is 1. The average Bonchev–Trinajstić information content (AvgIpc) is 3.14. The van der Waals surface area contributed by atoms with Crippen LogP contribution in [-0.4, -0.2) is 15.3 Å². The standard InChI is InChI=1S/C16H12F3N3OS/c17-16(18,19)12-3-1-2-11(8-12)9-20-14(23)5-4-13-10-21-15-22(13)6-7-24-15/h1-8,10H,9H2,(H,20,23)/b5-4+. The first-order chi connectivity index (χ1) is 11.4. The first kappa shape index (κ1) is 16.3. The van der Waals surface area contributed by atoms with Crippen LogP contribution in [0.4, 0.5) is 13.2 Å². The number of thiazole rings is 1. The lowest BCUT2D eigenvalue weighted by Crippen LogP contribution is -2.20. The number of benzene rings is 1. The Morgan fingerprint density at radius 2 is 2.21 bits per heavy atom. The monoisotopic (exact) mass is 351 g/mol. The molecule has 0 fully saturated rings. The van der Waals surface area contributed by atoms with Gasteiger partial charge in [-0.05, 0) is 23.8 Å². The smallest absolute Gasteiger partial charge is 0.348 e. The van der Waals surface area contributed by atoms with Gasteiger partial charge in [0.15, 0.2) is 4.96 Å². The van der Waals surface area contributed by atoms with Crippen molar-refractivity contribution in [3.8, 4) is 0 Å². The van der Waals surface area contributed by atoms with Gasteiger partial charge in [0.05, 0.1) is 17.5 Å². The highest BCUT2D eigenvalue weighted by Gasteiger charge is 2.30. The minimum Gasteiger partial charge on any atom is -0.348 e. The Hall–Kier alpha value is -2.61. The summed E-state index contributed by atoms with van der Waals surface area (Å²) in [5, 5.41) is 4.44. The summed E-state index contributed by atoms with van der Waals surface area (Å²) in [4.78, 5) is 16.8. The van der Waals surface area contributed by atoms with E-state index in [1.807, 2.05) is 16.0 Å². The van der Waals surface area contributed by atoms with Gasteiger partial charge in [-0.3, -0.25) is 9.20 Å². The summed E-state index contributed by atoms with van der Waals surface area (Å²) in [5.41, 5.74) is 0.403. The number of aromatic nitrogens is 2. The SMILES string of the molecule is O=C(/C=C/c1cnc2sccn12)NCc1cccc(C(F)(F)F)c1. The molecule has 8 heteroatoms. The third-order valence-corrected chi connectivity index (χ3v) is 4.07. The summed E-state index contributed by atoms with van der Waals surface area (Å²) < 4.78 is 39.8. The molecule has 0 aliphatic carbocycles. The van der Waals surface area contributed by atoms with Crippen LogP contribution in [0.15, 0.2) is 48.1 Å². The maximum atomic E-state index is 12.6. The molecule has 124 valence electrons. The van der Waals surface area contributed by atoms with Crippen LogP contribution in [0.5, 0.6) is 0 Å². The Morgan fingerprint density at radius 1 is 1.38 bits per heavy atom. The molecule has 1 amide bonds. The van der Waals surface area contributed by atoms with Gasteiger partial charge in [-0.15, -0.1) is 11.3 Å². The van der Waals surface area contributed by atoms with Crippen LogP contribution in [0.3, 0.4) is 0 Å². The molecule has 0 bridgehead atoms. The van der Waals surface area contributed by atoms with Crippen molar-refractivity contribution in [2.45, 2.75) is 12.7 Å². The second kappa shape index (κ2) is 6.48. The van der Waals surface area contributed by atoms with Crippen LogP contribution in [-0.2, 0) is 17.5 Å². The molecule has 4 nitrogen and oxygen atoms in total. The molecule has 0 unspecified atom stereocenters. The molecule has 0 atom stereocenters. The first-order valence-electron chi connectivity index (χ1n) is 6.96. The van der Waals surface area contributed by atoms with Gasteiger partial charge in [0.2, 0.25) is 5.91 Å². The van der Waals surface area contributed by atoms with Crippen molar-refractivity contribution in [2.75, 3.05) is 0 Å². The zero-order valence-corrected chi connectivity index (χ0v) is 13.1. The number of carbonyl (C=O) groups is 1. The number of halogens is 3. The molecule has 24 heavy (non-hydrogen) atoms. The van der Waals surface area contributed by atoms with Crippen molar-refractivity contribution < 1.29 is 18.0 Å². The Balaban J connectivity index is 1.62. The topological polar surface area (TPSA) is 46.4 Å². The van der Waals surface area contributed by atoms with Crippen LogP contribution in [0, 0.1) is 0 Å². The van der Waals surface area contributed by atoms with Gasteiger partial charge < -0.3 is 5.32 Å². The lowest BCUT2D eigenvalue weighted by Gasteiger charge is -2.08. The fourth-order valence-electron chi connectivity index (χ4n) is 2.14. The summed E-state index contributed by atoms with van der Waals surface area (Å²) in [6.45, 7) is 0.0212. The quantitative estimate of drug-likeness (QED) is 0.728. The molecule has 0 saturated heterocycles. The van der Waals surface area contributed by atoms with Crippen molar-refractivity contribution in [3.05, 3.63) is 64.9 Å². The lowest BCUT2D eigenvalue weighted by atomic mass is 10.1. The highest BCUT2D eigenvalue weighted by Crippen LogP contribution is 2.29. The minimum absolute atomic E-state index is 0.0212. The Bertz CT molecular complexity index is 895. The maximum absolute atomic E-state index is 12.6. The molecule has 1 aromatic carbocycles. The van der Waals surface area contributed by atoms with Crippen LogP contribution in [0.25, 0.3) is 11.0 Å². The van der Waals surface area contributed by atoms with E-state index in [9.17, 15) is 18.0 Å². The molecule has 0 aliphatic heterocycles. The third kappa shape index (κ3) is 3.65. The molecule has 1 N–H and O–H groups in total. The second-order valence-corrected chi connectivity index (χ2v) is 5.86. The molecular weight excluding hydrogens is 339 g/mol. The first-order valence-corrected chi connectivity index (χ1v) is 7.84. The van der Waals surface area contributed by atoms with E-state index in [2.05, 4.69) is 10.3 Å². The van der Waals surface area contributed by atoms with Crippen molar-refractivity contribution in [2.24, 2.45) is 0 Å². The maximum Gasteiger partial charge on any atom is 0.416 e. The molecule has 0 spiro atoms. The molecule has 0 saturated carbocycles. The van der Waals surface area contributed by atoms with Gasteiger partial charge in [0.25, 0.3) is 0 Å². The predicted molar refractivity (Wildman–Crippen MR) is 85.4 cm³/mol. The average molecular weight is 351 g/mol. The Labute approximate surface area is 139 Å². The van der Waals surface area contributed by atoms with Gasteiger partial charge in [-0.1, -0.05) is 12.1 Å². The van der Waals surface area contributed by atoms with E-state index >= 15 is 0 Å². The highest BCUT2D eigenvalue weighted by molar-refractivity contribution is 7.15. The van der Waals surface area contributed by atoms with Crippen LogP contribution in [0.2, 0.25) is 0 Å². The highest BCUT2D eigenvalue weighted by atomic mass is 32.1. The van der Waals surface area contributed by atoms with Crippen LogP contribution < -0.4 is 5.32 Å². The molecule has 0 aliphatic rings. The fourth-order valence-corrected chi connectivity index (χ4v) is 2.83. The second-order valence-electron chi connectivity index (χ2n) is 4.99. The van der Waals surface area contributed by atoms with Crippen molar-refractivity contribution >= 4 is 28.3 Å². The Morgan fingerprint density at radius 3 is 3.00 bits per heavy atom. The van der Waals surface area contributed by atoms with Gasteiger partial charge >= 0.3 is 6.18 Å². The van der Waals surface area contributed by atoms with Crippen molar-refractivity contribution in [3.63, 3.8) is 0 Å². The zero-order valence-electron chi connectivity index (χ0n) is 12.2. The molecule has 2 heterocycles. The normalized spacial score (nSPS) is 12.1. The molecule has 3 rings (SSSR count). The number of carbonyl (C=O) groups excluding carboxylic acids is 1. The molecule has 3 aromatic rings. The fraction of sp³-hybridized carbons (Fsp3) is 0.125. The minimum atomic E-state index is -4.40. The van der Waals surface area contributed by atoms with Gasteiger partial charge in [0, 0.05) is 24.2 Å². The zero-order chi connectivity index (χ0) is 17.2. The van der Waals surface area contributed by atoms with Gasteiger partial charge in [-0.2, -0.15) is 13.2 Å². The summed E-state index contributed by atoms with van der Waals surface area (Å²) >= 11 is 1.48. The van der Waals surface area contributed by atoms with E-state index in [4.69, 9.17) is 0 Å². The van der Waals surface area contributed by atoms with E-state index < -0.39 is 17.6 Å². The van der Waals surface area contributed by atoms with E-state index in [0.717, 1.165) is 22.8 Å². The van der Waals surface area contributed by atoms with Crippen LogP contribution >= 0.6 is 11.3 Å². The van der Waals surface area contributed by atoms with Crippen molar-refractivity contribution in [1.29, 1.82) is 0 Å². The summed E-state index contributed by atoms with van der Waals surface area (Å²) in [7, 11) is 0. The molecule has 2 aromatic heterocycles. The van der Waals surface area contributed by atoms with Crippen molar-refractivity contribution in [1.82, 2.24) is 14.7 Å². The van der Waals surface area contributed by atoms with Gasteiger partial charge in [-0.25, -0.2) is 4.98 Å². The van der Waals surface area contributed by atoms with Gasteiger partial charge in [0.1, 0.15) is 0 Å². The lowest BCUT2D eigenvalue weighted by molar-refractivity contribution is -0.137. The summed E-state index contributed by atoms with van der Waals surface area (Å²) in [6, 6.07) is 4.87. The van der Waals surface area contributed by atoms with E-state index in [1.165, 1.54) is 29.5 Å². The number of rotatable bonds is 4. The van der Waals surface area contributed by atoms with E-state index in [1.54, 1.807) is 12.3 Å². The molecular formula is C16H12F3N3OS. The van der Waals surface area contributed by atoms with E-state index in [-0.39, 0.29) is 6.54 Å². The number of amides is 1. The Kier molecular flexibility index (Phi) is 4.39. The number of fused-ring (bicyclic) bond motifs is 1. The third-order valence-electron chi connectivity index (χ3n) is 3.30. The summed E-state index contributed by atoms with van der Waals surface area (Å²) in [5.74, 6) is -0.391. The number of nitrogens with one attached hydrogen (secondary N) is 1. The number of hydrogen-bond acceptors (Lipinski definition) is 3. The number of hydrogen-bond donors (Lipinski definition) is 1.